The van der Waals surface area contributed by atoms with Gasteiger partial charge in [0.2, 0.25) is 0 Å². The third kappa shape index (κ3) is 6.20. The molecule has 7 heteroatoms. The van der Waals surface area contributed by atoms with Crippen molar-refractivity contribution in [2.24, 2.45) is 5.92 Å². The van der Waals surface area contributed by atoms with Gasteiger partial charge < -0.3 is 10.1 Å². The fourth-order valence-corrected chi connectivity index (χ4v) is 2.91. The van der Waals surface area contributed by atoms with Gasteiger partial charge in [-0.05, 0) is 42.5 Å². The summed E-state index contributed by atoms with van der Waals surface area (Å²) in [6.07, 6.45) is 2.25. The molecule has 0 saturated heterocycles. The highest BCUT2D eigenvalue weighted by atomic mass is 19.4. The Bertz CT molecular complexity index is 653. The zero-order chi connectivity index (χ0) is 19.2. The average molecular weight is 369 g/mol. The van der Waals surface area contributed by atoms with Crippen molar-refractivity contribution in [2.75, 3.05) is 6.61 Å². The molecule has 1 aliphatic rings. The largest absolute Gasteiger partial charge is 0.452 e. The second kappa shape index (κ2) is 8.87. The molecule has 0 bridgehead atoms. The minimum absolute atomic E-state index is 0.109. The van der Waals surface area contributed by atoms with Crippen LogP contribution in [-0.2, 0) is 20.5 Å². The molecule has 0 aromatic heterocycles. The van der Waals surface area contributed by atoms with E-state index < -0.39 is 17.7 Å². The molecule has 1 aromatic carbocycles. The van der Waals surface area contributed by atoms with Crippen LogP contribution in [0.4, 0.5) is 13.2 Å². The van der Waals surface area contributed by atoms with Gasteiger partial charge in [-0.25, -0.2) is 4.79 Å². The molecule has 2 atom stereocenters. The van der Waals surface area contributed by atoms with Crippen molar-refractivity contribution in [3.05, 3.63) is 41.5 Å². The van der Waals surface area contributed by atoms with Gasteiger partial charge in [-0.15, -0.1) is 0 Å². The first-order chi connectivity index (χ1) is 12.3. The molecule has 0 aliphatic heterocycles. The number of rotatable bonds is 5. The fraction of sp³-hybridized carbons (Fsp3) is 0.474. The molecule has 1 N–H and O–H groups in total. The summed E-state index contributed by atoms with van der Waals surface area (Å²) in [5.74, 6) is -0.667. The Hall–Kier alpha value is -2.31. The van der Waals surface area contributed by atoms with Crippen molar-refractivity contribution in [1.29, 1.82) is 0 Å². The fourth-order valence-electron chi connectivity index (χ4n) is 2.91. The van der Waals surface area contributed by atoms with Crippen molar-refractivity contribution in [2.45, 2.75) is 44.8 Å². The van der Waals surface area contributed by atoms with Crippen LogP contribution in [0.1, 0.15) is 43.7 Å². The lowest BCUT2D eigenvalue weighted by molar-refractivity contribution is -0.144. The van der Waals surface area contributed by atoms with Gasteiger partial charge in [-0.1, -0.05) is 31.9 Å². The number of ether oxygens (including phenoxy) is 1. The van der Waals surface area contributed by atoms with Crippen LogP contribution in [0.3, 0.4) is 0 Å². The molecule has 2 rings (SSSR count). The molecule has 26 heavy (non-hydrogen) atoms. The monoisotopic (exact) mass is 369 g/mol. The number of carbonyl (C=O) groups is 2. The Morgan fingerprint density at radius 3 is 2.46 bits per heavy atom. The Labute approximate surface area is 150 Å². The number of hydrogen-bond acceptors (Lipinski definition) is 3. The molecule has 1 saturated carbocycles. The predicted molar refractivity (Wildman–Crippen MR) is 91.0 cm³/mol. The normalized spacial score (nSPS) is 20.8. The van der Waals surface area contributed by atoms with Crippen molar-refractivity contribution in [3.63, 3.8) is 0 Å². The van der Waals surface area contributed by atoms with Gasteiger partial charge in [0.05, 0.1) is 5.56 Å². The Morgan fingerprint density at radius 1 is 1.19 bits per heavy atom. The first-order valence-electron chi connectivity index (χ1n) is 8.57. The number of hydrogen-bond donors (Lipinski definition) is 1. The second-order valence-corrected chi connectivity index (χ2v) is 6.50. The van der Waals surface area contributed by atoms with E-state index in [2.05, 4.69) is 12.2 Å². The summed E-state index contributed by atoms with van der Waals surface area (Å²) in [5.41, 5.74) is -0.332. The highest BCUT2D eigenvalue weighted by Crippen LogP contribution is 2.29. The number of esters is 1. The smallest absolute Gasteiger partial charge is 0.416 e. The molecule has 142 valence electrons. The van der Waals surface area contributed by atoms with Crippen molar-refractivity contribution < 1.29 is 27.5 Å². The van der Waals surface area contributed by atoms with Crippen LogP contribution < -0.4 is 5.32 Å². The summed E-state index contributed by atoms with van der Waals surface area (Å²) >= 11 is 0. The van der Waals surface area contributed by atoms with Crippen molar-refractivity contribution in [3.8, 4) is 0 Å². The van der Waals surface area contributed by atoms with Crippen LogP contribution >= 0.6 is 0 Å². The molecule has 4 nitrogen and oxygen atoms in total. The quantitative estimate of drug-likeness (QED) is 0.631. The second-order valence-electron chi connectivity index (χ2n) is 6.50. The molecule has 1 fully saturated rings. The van der Waals surface area contributed by atoms with Gasteiger partial charge in [0.1, 0.15) is 0 Å². The van der Waals surface area contributed by atoms with E-state index in [1.165, 1.54) is 18.2 Å². The minimum Gasteiger partial charge on any atom is -0.452 e. The van der Waals surface area contributed by atoms with E-state index in [-0.39, 0.29) is 18.6 Å². The van der Waals surface area contributed by atoms with Gasteiger partial charge in [0, 0.05) is 12.1 Å². The third-order valence-electron chi connectivity index (χ3n) is 4.45. The van der Waals surface area contributed by atoms with E-state index in [1.54, 1.807) is 0 Å². The van der Waals surface area contributed by atoms with E-state index in [0.717, 1.165) is 43.9 Å². The summed E-state index contributed by atoms with van der Waals surface area (Å²) in [4.78, 5) is 23.5. The topological polar surface area (TPSA) is 55.4 Å². The summed E-state index contributed by atoms with van der Waals surface area (Å²) in [5, 5.41) is 2.87. The lowest BCUT2D eigenvalue weighted by atomic mass is 9.86. The average Bonchev–Trinajstić information content (AvgIpc) is 2.60. The van der Waals surface area contributed by atoms with Crippen molar-refractivity contribution in [1.82, 2.24) is 5.32 Å². The molecular formula is C19H22F3NO3. The molecule has 1 amide bonds. The van der Waals surface area contributed by atoms with Gasteiger partial charge in [0.25, 0.3) is 5.91 Å². The van der Waals surface area contributed by atoms with E-state index >= 15 is 0 Å². The van der Waals surface area contributed by atoms with Crippen LogP contribution in [0.5, 0.6) is 0 Å². The molecule has 1 aliphatic carbocycles. The zero-order valence-corrected chi connectivity index (χ0v) is 14.5. The highest BCUT2D eigenvalue weighted by molar-refractivity contribution is 5.89. The van der Waals surface area contributed by atoms with Crippen LogP contribution in [0, 0.1) is 5.92 Å². The summed E-state index contributed by atoms with van der Waals surface area (Å²) in [6, 6.07) is 4.49. The number of carbonyl (C=O) groups excluding carboxylic acids is 2. The number of nitrogens with one attached hydrogen (secondary N) is 1. The first-order valence-corrected chi connectivity index (χ1v) is 8.57. The predicted octanol–water partition coefficient (Wildman–Crippen LogP) is 3.96. The molecule has 0 radical (unpaired) electrons. The van der Waals surface area contributed by atoms with Gasteiger partial charge >= 0.3 is 12.1 Å². The third-order valence-corrected chi connectivity index (χ3v) is 4.45. The molecular weight excluding hydrogens is 347 g/mol. The Kier molecular flexibility index (Phi) is 6.83. The summed E-state index contributed by atoms with van der Waals surface area (Å²) < 4.78 is 42.3. The maximum absolute atomic E-state index is 12.5. The molecule has 1 aromatic rings. The van der Waals surface area contributed by atoms with Crippen LogP contribution in [-0.4, -0.2) is 24.5 Å². The summed E-state index contributed by atoms with van der Waals surface area (Å²) in [7, 11) is 0. The zero-order valence-electron chi connectivity index (χ0n) is 14.5. The van der Waals surface area contributed by atoms with Crippen molar-refractivity contribution >= 4 is 18.0 Å². The van der Waals surface area contributed by atoms with Crippen LogP contribution in [0.15, 0.2) is 30.3 Å². The number of alkyl halides is 3. The number of benzene rings is 1. The lowest BCUT2D eigenvalue weighted by Crippen LogP contribution is -2.42. The van der Waals surface area contributed by atoms with E-state index in [1.807, 2.05) is 0 Å². The molecule has 0 spiro atoms. The van der Waals surface area contributed by atoms with Gasteiger partial charge in [-0.3, -0.25) is 4.79 Å². The lowest BCUT2D eigenvalue weighted by Gasteiger charge is -2.29. The van der Waals surface area contributed by atoms with Gasteiger partial charge in [0.15, 0.2) is 6.61 Å². The standard InChI is InChI=1S/C19H22F3NO3/c1-13-4-2-3-5-16(13)23-17(24)12-26-18(25)11-8-14-6-9-15(10-7-14)19(20,21)22/h6-11,13,16H,2-5,12H2,1H3,(H,23,24)/b11-8+/t13-,16+/m1/s1. The highest BCUT2D eigenvalue weighted by Gasteiger charge is 2.29. The summed E-state index contributed by atoms with van der Waals surface area (Å²) in [6.45, 7) is 1.71. The maximum Gasteiger partial charge on any atom is 0.416 e. The Balaban J connectivity index is 1.77. The number of amides is 1. The van der Waals surface area contributed by atoms with Crippen LogP contribution in [0.2, 0.25) is 0 Å². The van der Waals surface area contributed by atoms with E-state index in [4.69, 9.17) is 4.74 Å². The number of halogens is 3. The molecule has 0 heterocycles. The van der Waals surface area contributed by atoms with Crippen LogP contribution in [0.25, 0.3) is 6.08 Å². The maximum atomic E-state index is 12.5. The Morgan fingerprint density at radius 2 is 1.85 bits per heavy atom. The minimum atomic E-state index is -4.40. The van der Waals surface area contributed by atoms with E-state index in [0.29, 0.717) is 11.5 Å². The van der Waals surface area contributed by atoms with Gasteiger partial charge in [-0.2, -0.15) is 13.2 Å². The van der Waals surface area contributed by atoms with E-state index in [9.17, 15) is 22.8 Å². The SMILES string of the molecule is C[C@@H]1CCCC[C@@H]1NC(=O)COC(=O)/C=C/c1ccc(C(F)(F)F)cc1. The first kappa shape index (κ1) is 20.0. The molecule has 0 unspecified atom stereocenters.